The minimum absolute atomic E-state index is 0.0211. The van der Waals surface area contributed by atoms with Gasteiger partial charge in [-0.1, -0.05) is 11.6 Å². The Labute approximate surface area is 117 Å². The van der Waals surface area contributed by atoms with Crippen LogP contribution in [0.4, 0.5) is 17.6 Å². The summed E-state index contributed by atoms with van der Waals surface area (Å²) in [5, 5.41) is 9.30. The normalized spacial score (nSPS) is 13.4. The largest absolute Gasteiger partial charge is 0.454 e. The highest BCUT2D eigenvalue weighted by Crippen LogP contribution is 2.35. The maximum absolute atomic E-state index is 13.5. The molecule has 0 fully saturated rings. The molecule has 0 aliphatic rings. The van der Waals surface area contributed by atoms with Gasteiger partial charge in [-0.15, -0.1) is 0 Å². The minimum atomic E-state index is -4.40. The van der Waals surface area contributed by atoms with Gasteiger partial charge in [0.15, 0.2) is 5.76 Å². The Hall–Kier alpha value is -1.89. The number of fused-ring (bicyclic) bond motifs is 1. The van der Waals surface area contributed by atoms with Crippen molar-refractivity contribution in [2.24, 2.45) is 4.99 Å². The van der Waals surface area contributed by atoms with Crippen LogP contribution in [-0.4, -0.2) is 24.7 Å². The molecule has 2 aromatic rings. The Bertz CT molecular complexity index is 710. The van der Waals surface area contributed by atoms with Crippen LogP contribution >= 0.6 is 0 Å². The monoisotopic (exact) mass is 303 g/mol. The zero-order chi connectivity index (χ0) is 15.6. The molecule has 2 rings (SSSR count). The number of alkyl halides is 4. The van der Waals surface area contributed by atoms with Crippen LogP contribution in [0, 0.1) is 6.92 Å². The maximum Gasteiger partial charge on any atom is 0.363 e. The van der Waals surface area contributed by atoms with Gasteiger partial charge in [0, 0.05) is 11.5 Å². The fourth-order valence-electron chi connectivity index (χ4n) is 1.86. The van der Waals surface area contributed by atoms with Crippen molar-refractivity contribution in [1.29, 1.82) is 0 Å². The molecule has 1 aromatic heterocycles. The first-order valence-electron chi connectivity index (χ1n) is 6.18. The Morgan fingerprint density at radius 1 is 1.29 bits per heavy atom. The van der Waals surface area contributed by atoms with E-state index in [1.807, 2.05) is 0 Å². The van der Waals surface area contributed by atoms with Crippen molar-refractivity contribution in [2.45, 2.75) is 19.3 Å². The first kappa shape index (κ1) is 15.5. The van der Waals surface area contributed by atoms with Crippen molar-refractivity contribution in [3.63, 3.8) is 0 Å². The molecule has 0 spiro atoms. The number of aliphatic hydroxyl groups excluding tert-OH is 1. The number of aliphatic hydroxyl groups is 1. The van der Waals surface area contributed by atoms with Crippen molar-refractivity contribution < 1.29 is 27.1 Å². The van der Waals surface area contributed by atoms with Crippen LogP contribution in [0.3, 0.4) is 0 Å². The number of rotatable bonds is 4. The number of halogens is 4. The van der Waals surface area contributed by atoms with Crippen molar-refractivity contribution in [1.82, 2.24) is 0 Å². The van der Waals surface area contributed by atoms with Crippen molar-refractivity contribution in [3.05, 3.63) is 40.9 Å². The van der Waals surface area contributed by atoms with Gasteiger partial charge < -0.3 is 9.52 Å². The molecule has 21 heavy (non-hydrogen) atoms. The molecule has 7 heteroatoms. The molecule has 0 radical (unpaired) electrons. The molecule has 3 nitrogen and oxygen atoms in total. The van der Waals surface area contributed by atoms with Gasteiger partial charge in [-0.05, 0) is 19.1 Å². The van der Waals surface area contributed by atoms with Gasteiger partial charge in [-0.2, -0.15) is 8.78 Å². The summed E-state index contributed by atoms with van der Waals surface area (Å²) in [6, 6.07) is 5.49. The van der Waals surface area contributed by atoms with Crippen LogP contribution in [-0.2, 0) is 5.92 Å². The third-order valence-electron chi connectivity index (χ3n) is 2.88. The highest BCUT2D eigenvalue weighted by molar-refractivity contribution is 5.77. The third kappa shape index (κ3) is 3.07. The number of benzene rings is 1. The lowest BCUT2D eigenvalue weighted by molar-refractivity contribution is -0.147. The predicted molar refractivity (Wildman–Crippen MR) is 68.4 cm³/mol. The number of hydrogen-bond acceptors (Lipinski definition) is 3. The predicted octanol–water partition coefficient (Wildman–Crippen LogP) is 2.99. The van der Waals surface area contributed by atoms with E-state index in [0.717, 1.165) is 11.6 Å². The van der Waals surface area contributed by atoms with E-state index in [2.05, 4.69) is 4.99 Å². The van der Waals surface area contributed by atoms with E-state index in [1.165, 1.54) is 6.07 Å². The quantitative estimate of drug-likeness (QED) is 0.883. The summed E-state index contributed by atoms with van der Waals surface area (Å²) in [6.07, 6.45) is -3.88. The smallest absolute Gasteiger partial charge is 0.363 e. The summed E-state index contributed by atoms with van der Waals surface area (Å²) in [4.78, 5) is 3.94. The van der Waals surface area contributed by atoms with E-state index in [9.17, 15) is 17.6 Å². The third-order valence-corrected chi connectivity index (χ3v) is 2.88. The lowest BCUT2D eigenvalue weighted by Gasteiger charge is -2.15. The van der Waals surface area contributed by atoms with E-state index < -0.39 is 18.1 Å². The number of hydrogen-bond donors (Lipinski definition) is 1. The van der Waals surface area contributed by atoms with Gasteiger partial charge in [0.25, 0.3) is 0 Å². The molecular weight excluding hydrogens is 290 g/mol. The van der Waals surface area contributed by atoms with E-state index in [0.29, 0.717) is 5.39 Å². The molecule has 0 bridgehead atoms. The van der Waals surface area contributed by atoms with E-state index in [1.54, 1.807) is 19.1 Å². The molecule has 114 valence electrons. The van der Waals surface area contributed by atoms with E-state index in [-0.39, 0.29) is 24.1 Å². The molecule has 1 heterocycles. The molecule has 0 saturated carbocycles. The van der Waals surface area contributed by atoms with Gasteiger partial charge in [0.1, 0.15) is 5.58 Å². The summed E-state index contributed by atoms with van der Waals surface area (Å²) >= 11 is 0. The summed E-state index contributed by atoms with van der Waals surface area (Å²) in [5.41, 5.74) is 0.877. The molecule has 0 amide bonds. The summed E-state index contributed by atoms with van der Waals surface area (Å²) in [5.74, 6) is -5.55. The second-order valence-corrected chi connectivity index (χ2v) is 4.52. The van der Waals surface area contributed by atoms with Crippen LogP contribution < -0.4 is 5.36 Å². The maximum atomic E-state index is 13.5. The fourth-order valence-corrected chi connectivity index (χ4v) is 1.86. The second-order valence-electron chi connectivity index (χ2n) is 4.52. The number of nitrogens with zero attached hydrogens (tertiary/aromatic N) is 1. The van der Waals surface area contributed by atoms with Gasteiger partial charge >= 0.3 is 12.3 Å². The van der Waals surface area contributed by atoms with E-state index in [4.69, 9.17) is 9.52 Å². The Morgan fingerprint density at radius 3 is 2.62 bits per heavy atom. The lowest BCUT2D eigenvalue weighted by atomic mass is 10.1. The highest BCUT2D eigenvalue weighted by Gasteiger charge is 2.45. The molecule has 1 N–H and O–H groups in total. The lowest BCUT2D eigenvalue weighted by Crippen LogP contribution is -2.25. The molecule has 0 atom stereocenters. The topological polar surface area (TPSA) is 45.7 Å². The highest BCUT2D eigenvalue weighted by atomic mass is 19.3. The number of aryl methyl sites for hydroxylation is 1. The SMILES string of the molecule is Cc1ccc2oc(C(F)(F)C(F)F)cc(=NCCO)c2c1. The molecule has 1 aromatic carbocycles. The first-order chi connectivity index (χ1) is 9.86. The van der Waals surface area contributed by atoms with Crippen LogP contribution in [0.2, 0.25) is 0 Å². The molecular formula is C14H13F4NO2. The summed E-state index contributed by atoms with van der Waals surface area (Å²) in [6.45, 7) is 1.49. The van der Waals surface area contributed by atoms with Crippen molar-refractivity contribution in [3.8, 4) is 0 Å². The standard InChI is InChI=1S/C14H13F4NO2/c1-8-2-3-11-9(6-8)10(19-4-5-20)7-12(21-11)14(17,18)13(15)16/h2-3,6-7,13,20H,4-5H2,1H3. The van der Waals surface area contributed by atoms with E-state index >= 15 is 0 Å². The molecule has 0 unspecified atom stereocenters. The van der Waals surface area contributed by atoms with Gasteiger partial charge in [0.05, 0.1) is 18.5 Å². The molecule has 0 saturated heterocycles. The summed E-state index contributed by atoms with van der Waals surface area (Å²) < 4.78 is 56.7. The van der Waals surface area contributed by atoms with Crippen molar-refractivity contribution >= 4 is 11.0 Å². The van der Waals surface area contributed by atoms with Crippen LogP contribution in [0.15, 0.2) is 33.7 Å². The zero-order valence-corrected chi connectivity index (χ0v) is 11.1. The molecule has 0 aliphatic heterocycles. The molecule has 0 aliphatic carbocycles. The van der Waals surface area contributed by atoms with Crippen LogP contribution in [0.5, 0.6) is 0 Å². The van der Waals surface area contributed by atoms with Gasteiger partial charge in [-0.25, -0.2) is 8.78 Å². The van der Waals surface area contributed by atoms with Crippen LogP contribution in [0.1, 0.15) is 11.3 Å². The Morgan fingerprint density at radius 2 is 2.00 bits per heavy atom. The van der Waals surface area contributed by atoms with Gasteiger partial charge in [-0.3, -0.25) is 4.99 Å². The average Bonchev–Trinajstić information content (AvgIpc) is 2.44. The Kier molecular flexibility index (Phi) is 4.32. The zero-order valence-electron chi connectivity index (χ0n) is 11.1. The first-order valence-corrected chi connectivity index (χ1v) is 6.18. The average molecular weight is 303 g/mol. The summed E-state index contributed by atoms with van der Waals surface area (Å²) in [7, 11) is 0. The van der Waals surface area contributed by atoms with Gasteiger partial charge in [0.2, 0.25) is 0 Å². The Balaban J connectivity index is 2.75. The fraction of sp³-hybridized carbons (Fsp3) is 0.357. The minimum Gasteiger partial charge on any atom is -0.454 e. The van der Waals surface area contributed by atoms with Crippen molar-refractivity contribution in [2.75, 3.05) is 13.2 Å². The second kappa shape index (κ2) is 5.85. The van der Waals surface area contributed by atoms with Crippen LogP contribution in [0.25, 0.3) is 11.0 Å².